The molecule has 67 valence electrons. The predicted molar refractivity (Wildman–Crippen MR) is 43.2 cm³/mol. The monoisotopic (exact) mass is 372 g/mol. The SMILES string of the molecule is Cc1ccccc1O.O=[N+]([O-])[O-].[Hg+]. The number of aromatic hydroxyl groups is 1. The second-order valence-electron chi connectivity index (χ2n) is 2.01. The zero-order chi connectivity index (χ0) is 9.56. The Hall–Kier alpha value is -0.845. The van der Waals surface area contributed by atoms with Crippen LogP contribution in [-0.4, -0.2) is 10.2 Å². The van der Waals surface area contributed by atoms with Gasteiger partial charge in [-0.15, -0.1) is 0 Å². The predicted octanol–water partition coefficient (Wildman–Crippen LogP) is 1.46. The fraction of sp³-hybridized carbons (Fsp3) is 0.143. The molecule has 1 radical (unpaired) electrons. The third kappa shape index (κ3) is 9.07. The van der Waals surface area contributed by atoms with E-state index in [4.69, 9.17) is 20.4 Å². The van der Waals surface area contributed by atoms with Gasteiger partial charge in [-0.1, -0.05) is 18.2 Å². The van der Waals surface area contributed by atoms with Gasteiger partial charge in [0.1, 0.15) is 5.75 Å². The Morgan fingerprint density at radius 3 is 1.92 bits per heavy atom. The zero-order valence-electron chi connectivity index (χ0n) is 7.14. The molecule has 13 heavy (non-hydrogen) atoms. The fourth-order valence-electron chi connectivity index (χ4n) is 0.563. The summed E-state index contributed by atoms with van der Waals surface area (Å²) >= 11 is 0. The Balaban J connectivity index is 0. The summed E-state index contributed by atoms with van der Waals surface area (Å²) in [6.07, 6.45) is 0. The number of para-hydroxylation sites is 1. The molecular weight excluding hydrogens is 363 g/mol. The maximum absolute atomic E-state index is 8.92. The van der Waals surface area contributed by atoms with E-state index in [2.05, 4.69) is 0 Å². The van der Waals surface area contributed by atoms with Crippen molar-refractivity contribution in [1.29, 1.82) is 0 Å². The van der Waals surface area contributed by atoms with Crippen molar-refractivity contribution >= 4 is 0 Å². The number of hydrogen-bond donors (Lipinski definition) is 1. The molecule has 0 bridgehead atoms. The smallest absolute Gasteiger partial charge is 0.508 e. The molecule has 1 N–H and O–H groups in total. The van der Waals surface area contributed by atoms with Crippen molar-refractivity contribution in [3.63, 3.8) is 0 Å². The Morgan fingerprint density at radius 1 is 1.31 bits per heavy atom. The van der Waals surface area contributed by atoms with Gasteiger partial charge in [0.15, 0.2) is 0 Å². The number of benzene rings is 1. The minimum absolute atomic E-state index is 0. The zero-order valence-corrected chi connectivity index (χ0v) is 12.6. The first-order valence-electron chi connectivity index (χ1n) is 3.10. The van der Waals surface area contributed by atoms with Crippen LogP contribution in [0.2, 0.25) is 0 Å². The molecule has 0 fully saturated rings. The molecule has 0 amide bonds. The summed E-state index contributed by atoms with van der Waals surface area (Å²) in [5, 5.41) is 23.7. The number of hydrogen-bond acceptors (Lipinski definition) is 4. The van der Waals surface area contributed by atoms with Crippen molar-refractivity contribution in [2.24, 2.45) is 0 Å². The van der Waals surface area contributed by atoms with E-state index in [-0.39, 0.29) is 27.7 Å². The molecule has 0 saturated carbocycles. The molecule has 0 aliphatic carbocycles. The van der Waals surface area contributed by atoms with Crippen molar-refractivity contribution in [2.75, 3.05) is 0 Å². The molecule has 0 aliphatic heterocycles. The van der Waals surface area contributed by atoms with E-state index in [0.29, 0.717) is 5.75 Å². The van der Waals surface area contributed by atoms with Crippen molar-refractivity contribution in [3.8, 4) is 5.75 Å². The number of phenolic OH excluding ortho intramolecular Hbond substituents is 1. The fourth-order valence-corrected chi connectivity index (χ4v) is 0.563. The third-order valence-corrected chi connectivity index (χ3v) is 1.12. The van der Waals surface area contributed by atoms with Crippen LogP contribution in [0.5, 0.6) is 5.75 Å². The van der Waals surface area contributed by atoms with Crippen LogP contribution < -0.4 is 0 Å². The molecule has 0 heterocycles. The van der Waals surface area contributed by atoms with Crippen LogP contribution in [0, 0.1) is 22.2 Å². The number of nitrogens with zero attached hydrogens (tertiary/aromatic N) is 1. The molecule has 0 atom stereocenters. The molecule has 0 saturated heterocycles. The Bertz CT molecular complexity index is 241. The van der Waals surface area contributed by atoms with Crippen LogP contribution in [-0.2, 0) is 27.7 Å². The standard InChI is InChI=1S/C7H8O.Hg.NO3/c1-6-4-2-3-5-7(6)8;;2-1(3)4/h2-5,8H,1H3;;/q;+1;-1. The van der Waals surface area contributed by atoms with Crippen LogP contribution in [0.3, 0.4) is 0 Å². The van der Waals surface area contributed by atoms with E-state index in [1.54, 1.807) is 6.07 Å². The minimum Gasteiger partial charge on any atom is -0.508 e. The Kier molecular flexibility index (Phi) is 8.78. The van der Waals surface area contributed by atoms with Gasteiger partial charge in [-0.2, -0.15) is 0 Å². The number of aryl methyl sites for hydroxylation is 1. The second-order valence-corrected chi connectivity index (χ2v) is 2.01. The molecule has 1 aromatic carbocycles. The minimum atomic E-state index is -1.75. The summed E-state index contributed by atoms with van der Waals surface area (Å²) in [7, 11) is 0. The van der Waals surface area contributed by atoms with Crippen LogP contribution in [0.4, 0.5) is 0 Å². The van der Waals surface area contributed by atoms with Crippen molar-refractivity contribution in [3.05, 3.63) is 45.2 Å². The third-order valence-electron chi connectivity index (χ3n) is 1.12. The van der Waals surface area contributed by atoms with Crippen LogP contribution >= 0.6 is 0 Å². The summed E-state index contributed by atoms with van der Waals surface area (Å²) in [6, 6.07) is 7.25. The van der Waals surface area contributed by atoms with E-state index < -0.39 is 5.09 Å². The van der Waals surface area contributed by atoms with Crippen molar-refractivity contribution < 1.29 is 37.9 Å². The van der Waals surface area contributed by atoms with Gasteiger partial charge < -0.3 is 20.4 Å². The van der Waals surface area contributed by atoms with Gasteiger partial charge in [0, 0.05) is 0 Å². The molecular formula is C7H8HgNO4. The first kappa shape index (κ1) is 14.7. The summed E-state index contributed by atoms with van der Waals surface area (Å²) in [4.78, 5) is 8.25. The molecule has 5 nitrogen and oxygen atoms in total. The molecule has 0 aromatic heterocycles. The average molecular weight is 371 g/mol. The molecule has 1 rings (SSSR count). The van der Waals surface area contributed by atoms with E-state index >= 15 is 0 Å². The van der Waals surface area contributed by atoms with Gasteiger partial charge in [0.25, 0.3) is 0 Å². The first-order valence-corrected chi connectivity index (χ1v) is 3.10. The maximum Gasteiger partial charge on any atom is 1.00 e. The normalized spacial score (nSPS) is 7.46. The van der Waals surface area contributed by atoms with Crippen LogP contribution in [0.25, 0.3) is 0 Å². The van der Waals surface area contributed by atoms with Gasteiger partial charge >= 0.3 is 27.7 Å². The summed E-state index contributed by atoms with van der Waals surface area (Å²) in [5.74, 6) is 0.368. The van der Waals surface area contributed by atoms with E-state index in [1.807, 2.05) is 25.1 Å². The van der Waals surface area contributed by atoms with E-state index in [9.17, 15) is 0 Å². The topological polar surface area (TPSA) is 86.4 Å². The van der Waals surface area contributed by atoms with E-state index in [1.165, 1.54) is 0 Å². The van der Waals surface area contributed by atoms with Crippen molar-refractivity contribution in [1.82, 2.24) is 0 Å². The number of rotatable bonds is 0. The number of phenols is 1. The average Bonchev–Trinajstić information content (AvgIpc) is 1.94. The molecule has 0 spiro atoms. The van der Waals surface area contributed by atoms with E-state index in [0.717, 1.165) is 5.56 Å². The first-order chi connectivity index (χ1) is 5.54. The van der Waals surface area contributed by atoms with Gasteiger partial charge in [0.05, 0.1) is 5.09 Å². The summed E-state index contributed by atoms with van der Waals surface area (Å²) < 4.78 is 0. The van der Waals surface area contributed by atoms with Gasteiger partial charge in [-0.05, 0) is 18.6 Å². The molecule has 1 aromatic rings. The van der Waals surface area contributed by atoms with Crippen LogP contribution in [0.1, 0.15) is 5.56 Å². The maximum atomic E-state index is 8.92. The van der Waals surface area contributed by atoms with Crippen molar-refractivity contribution in [2.45, 2.75) is 6.92 Å². The molecule has 6 heteroatoms. The van der Waals surface area contributed by atoms with Gasteiger partial charge in [-0.3, -0.25) is 0 Å². The summed E-state index contributed by atoms with van der Waals surface area (Å²) in [6.45, 7) is 1.87. The van der Waals surface area contributed by atoms with Crippen LogP contribution in [0.15, 0.2) is 24.3 Å². The molecule has 0 aliphatic rings. The van der Waals surface area contributed by atoms with Gasteiger partial charge in [-0.25, -0.2) is 0 Å². The quantitative estimate of drug-likeness (QED) is 0.425. The Labute approximate surface area is 95.6 Å². The van der Waals surface area contributed by atoms with Gasteiger partial charge in [0.2, 0.25) is 0 Å². The summed E-state index contributed by atoms with van der Waals surface area (Å²) in [5.41, 5.74) is 0.924. The Morgan fingerprint density at radius 2 is 1.69 bits per heavy atom. The largest absolute Gasteiger partial charge is 1.00 e. The second kappa shape index (κ2) is 7.79. The molecule has 0 unspecified atom stereocenters.